The van der Waals surface area contributed by atoms with Crippen LogP contribution >= 0.6 is 11.6 Å². The van der Waals surface area contributed by atoms with Crippen molar-refractivity contribution in [1.29, 1.82) is 0 Å². The van der Waals surface area contributed by atoms with Crippen LogP contribution in [0.4, 0.5) is 0 Å². The van der Waals surface area contributed by atoms with Crippen LogP contribution in [0.5, 0.6) is 0 Å². The van der Waals surface area contributed by atoms with Gasteiger partial charge in [-0.1, -0.05) is 36.8 Å². The van der Waals surface area contributed by atoms with E-state index in [2.05, 4.69) is 43.4 Å². The number of rotatable bonds is 5. The summed E-state index contributed by atoms with van der Waals surface area (Å²) in [5.74, 6) is 0.866. The fourth-order valence-electron chi connectivity index (χ4n) is 1.97. The van der Waals surface area contributed by atoms with Crippen molar-refractivity contribution in [2.45, 2.75) is 32.9 Å². The van der Waals surface area contributed by atoms with Gasteiger partial charge in [-0.3, -0.25) is 0 Å². The minimum Gasteiger partial charge on any atom is -0.448 e. The molecule has 2 rings (SSSR count). The van der Waals surface area contributed by atoms with Crippen molar-refractivity contribution < 1.29 is 4.42 Å². The molecule has 0 fully saturated rings. The van der Waals surface area contributed by atoms with E-state index in [-0.39, 0.29) is 0 Å². The first kappa shape index (κ1) is 13.2. The molecule has 0 aliphatic rings. The van der Waals surface area contributed by atoms with E-state index in [0.29, 0.717) is 17.8 Å². The van der Waals surface area contributed by atoms with Gasteiger partial charge in [0.1, 0.15) is 5.76 Å². The lowest BCUT2D eigenvalue weighted by Gasteiger charge is -2.16. The first-order chi connectivity index (χ1) is 8.69. The van der Waals surface area contributed by atoms with Crippen LogP contribution in [0.15, 0.2) is 40.8 Å². The SMILES string of the molecule is CCC(NCc1ccc(Cl)o1)c1ccc(C)cc1. The average molecular weight is 264 g/mol. The molecule has 1 N–H and O–H groups in total. The van der Waals surface area contributed by atoms with Gasteiger partial charge in [0.15, 0.2) is 5.22 Å². The van der Waals surface area contributed by atoms with Gasteiger partial charge in [0.25, 0.3) is 0 Å². The summed E-state index contributed by atoms with van der Waals surface area (Å²) in [7, 11) is 0. The lowest BCUT2D eigenvalue weighted by atomic mass is 10.0. The molecule has 2 aromatic rings. The molecule has 0 aliphatic heterocycles. The van der Waals surface area contributed by atoms with E-state index in [1.54, 1.807) is 6.07 Å². The van der Waals surface area contributed by atoms with Crippen LogP contribution in [-0.2, 0) is 6.54 Å². The Balaban J connectivity index is 1.99. The molecule has 1 heterocycles. The summed E-state index contributed by atoms with van der Waals surface area (Å²) in [4.78, 5) is 0. The van der Waals surface area contributed by atoms with E-state index in [9.17, 15) is 0 Å². The molecule has 0 radical (unpaired) electrons. The third kappa shape index (κ3) is 3.37. The van der Waals surface area contributed by atoms with Crippen molar-refractivity contribution in [3.63, 3.8) is 0 Å². The standard InChI is InChI=1S/C15H18ClNO/c1-3-14(12-6-4-11(2)5-7-12)17-10-13-8-9-15(16)18-13/h4-9,14,17H,3,10H2,1-2H3. The molecule has 96 valence electrons. The fraction of sp³-hybridized carbons (Fsp3) is 0.333. The summed E-state index contributed by atoms with van der Waals surface area (Å²) < 4.78 is 5.34. The zero-order valence-electron chi connectivity index (χ0n) is 10.7. The van der Waals surface area contributed by atoms with Crippen molar-refractivity contribution in [2.24, 2.45) is 0 Å². The molecule has 0 bridgehead atoms. The van der Waals surface area contributed by atoms with Crippen LogP contribution in [0.2, 0.25) is 5.22 Å². The Labute approximate surface area is 113 Å². The molecule has 0 aliphatic carbocycles. The smallest absolute Gasteiger partial charge is 0.193 e. The maximum Gasteiger partial charge on any atom is 0.193 e. The molecule has 1 aromatic heterocycles. The predicted molar refractivity (Wildman–Crippen MR) is 74.8 cm³/mol. The highest BCUT2D eigenvalue weighted by molar-refractivity contribution is 6.28. The zero-order chi connectivity index (χ0) is 13.0. The second-order valence-corrected chi connectivity index (χ2v) is 4.83. The molecule has 0 amide bonds. The largest absolute Gasteiger partial charge is 0.448 e. The van der Waals surface area contributed by atoms with Gasteiger partial charge in [0.05, 0.1) is 6.54 Å². The number of nitrogens with one attached hydrogen (secondary N) is 1. The summed E-state index contributed by atoms with van der Waals surface area (Å²) in [6.07, 6.45) is 1.04. The third-order valence-corrected chi connectivity index (χ3v) is 3.24. The Morgan fingerprint density at radius 2 is 1.89 bits per heavy atom. The number of halogens is 1. The summed E-state index contributed by atoms with van der Waals surface area (Å²) in [6.45, 7) is 4.97. The van der Waals surface area contributed by atoms with E-state index >= 15 is 0 Å². The van der Waals surface area contributed by atoms with Crippen LogP contribution in [0.1, 0.15) is 36.3 Å². The van der Waals surface area contributed by atoms with Crippen molar-refractivity contribution >= 4 is 11.6 Å². The first-order valence-corrected chi connectivity index (χ1v) is 6.61. The summed E-state index contributed by atoms with van der Waals surface area (Å²) in [5.41, 5.74) is 2.59. The summed E-state index contributed by atoms with van der Waals surface area (Å²) >= 11 is 5.75. The summed E-state index contributed by atoms with van der Waals surface area (Å²) in [6, 6.07) is 12.6. The van der Waals surface area contributed by atoms with E-state index in [1.165, 1.54) is 11.1 Å². The lowest BCUT2D eigenvalue weighted by Crippen LogP contribution is -2.19. The van der Waals surface area contributed by atoms with Crippen LogP contribution in [-0.4, -0.2) is 0 Å². The first-order valence-electron chi connectivity index (χ1n) is 6.23. The Bertz CT molecular complexity index is 489. The van der Waals surface area contributed by atoms with Crippen LogP contribution < -0.4 is 5.32 Å². The van der Waals surface area contributed by atoms with E-state index in [1.807, 2.05) is 6.07 Å². The second kappa shape index (κ2) is 6.07. The molecular weight excluding hydrogens is 246 g/mol. The average Bonchev–Trinajstić information content (AvgIpc) is 2.78. The number of hydrogen-bond acceptors (Lipinski definition) is 2. The van der Waals surface area contributed by atoms with Crippen LogP contribution in [0, 0.1) is 6.92 Å². The summed E-state index contributed by atoms with van der Waals surface area (Å²) in [5, 5.41) is 3.92. The van der Waals surface area contributed by atoms with Gasteiger partial charge >= 0.3 is 0 Å². The topological polar surface area (TPSA) is 25.2 Å². The van der Waals surface area contributed by atoms with E-state index in [4.69, 9.17) is 16.0 Å². The molecule has 1 unspecified atom stereocenters. The van der Waals surface area contributed by atoms with Gasteiger partial charge in [-0.2, -0.15) is 0 Å². The number of furan rings is 1. The van der Waals surface area contributed by atoms with Crippen molar-refractivity contribution in [3.8, 4) is 0 Å². The number of aryl methyl sites for hydroxylation is 1. The van der Waals surface area contributed by atoms with Crippen LogP contribution in [0.3, 0.4) is 0 Å². The molecule has 0 spiro atoms. The maximum atomic E-state index is 5.75. The fourth-order valence-corrected chi connectivity index (χ4v) is 2.13. The number of hydrogen-bond donors (Lipinski definition) is 1. The van der Waals surface area contributed by atoms with Gasteiger partial charge in [-0.25, -0.2) is 0 Å². The van der Waals surface area contributed by atoms with Gasteiger partial charge in [0, 0.05) is 6.04 Å². The van der Waals surface area contributed by atoms with Crippen molar-refractivity contribution in [1.82, 2.24) is 5.32 Å². The van der Waals surface area contributed by atoms with Gasteiger partial charge in [-0.15, -0.1) is 0 Å². The minimum atomic E-state index is 0.342. The highest BCUT2D eigenvalue weighted by atomic mass is 35.5. The normalized spacial score (nSPS) is 12.6. The highest BCUT2D eigenvalue weighted by Gasteiger charge is 2.09. The van der Waals surface area contributed by atoms with Gasteiger partial charge in [0.2, 0.25) is 0 Å². The quantitative estimate of drug-likeness (QED) is 0.860. The Morgan fingerprint density at radius 1 is 1.17 bits per heavy atom. The third-order valence-electron chi connectivity index (χ3n) is 3.04. The lowest BCUT2D eigenvalue weighted by molar-refractivity contribution is 0.444. The molecule has 0 saturated heterocycles. The molecule has 2 nitrogen and oxygen atoms in total. The van der Waals surface area contributed by atoms with Crippen molar-refractivity contribution in [3.05, 3.63) is 58.5 Å². The maximum absolute atomic E-state index is 5.75. The Hall–Kier alpha value is -1.25. The molecule has 0 saturated carbocycles. The molecular formula is C15H18ClNO. The molecule has 3 heteroatoms. The van der Waals surface area contributed by atoms with Gasteiger partial charge in [-0.05, 0) is 42.6 Å². The molecule has 18 heavy (non-hydrogen) atoms. The second-order valence-electron chi connectivity index (χ2n) is 4.46. The monoisotopic (exact) mass is 263 g/mol. The Morgan fingerprint density at radius 3 is 2.44 bits per heavy atom. The van der Waals surface area contributed by atoms with Crippen molar-refractivity contribution in [2.75, 3.05) is 0 Å². The molecule has 1 aromatic carbocycles. The molecule has 1 atom stereocenters. The van der Waals surface area contributed by atoms with E-state index in [0.717, 1.165) is 12.2 Å². The van der Waals surface area contributed by atoms with E-state index < -0.39 is 0 Å². The highest BCUT2D eigenvalue weighted by Crippen LogP contribution is 2.19. The predicted octanol–water partition coefficient (Wildman–Crippen LogP) is 4.48. The minimum absolute atomic E-state index is 0.342. The van der Waals surface area contributed by atoms with Crippen LogP contribution in [0.25, 0.3) is 0 Å². The Kier molecular flexibility index (Phi) is 4.45. The zero-order valence-corrected chi connectivity index (χ0v) is 11.5. The van der Waals surface area contributed by atoms with Gasteiger partial charge < -0.3 is 9.73 Å². The number of benzene rings is 1.